The van der Waals surface area contributed by atoms with Crippen LogP contribution in [0.15, 0.2) is 36.7 Å². The average Bonchev–Trinajstić information content (AvgIpc) is 3.24. The summed E-state index contributed by atoms with van der Waals surface area (Å²) >= 11 is 6.14. The number of piperidine rings is 1. The molecule has 9 heteroatoms. The molecule has 0 aliphatic carbocycles. The quantitative estimate of drug-likeness (QED) is 0.600. The first-order valence-corrected chi connectivity index (χ1v) is 12.4. The van der Waals surface area contributed by atoms with Gasteiger partial charge in [-0.25, -0.2) is 0 Å². The van der Waals surface area contributed by atoms with E-state index in [9.17, 15) is 9.59 Å². The summed E-state index contributed by atoms with van der Waals surface area (Å²) in [5, 5.41) is 4.79. The molecule has 2 amide bonds. The van der Waals surface area contributed by atoms with E-state index in [0.717, 1.165) is 31.7 Å². The summed E-state index contributed by atoms with van der Waals surface area (Å²) in [6.07, 6.45) is 5.76. The first-order chi connectivity index (χ1) is 16.4. The van der Waals surface area contributed by atoms with Gasteiger partial charge in [0.2, 0.25) is 11.8 Å². The van der Waals surface area contributed by atoms with Crippen LogP contribution < -0.4 is 4.74 Å². The molecule has 1 aromatic carbocycles. The van der Waals surface area contributed by atoms with Crippen LogP contribution in [-0.4, -0.2) is 88.7 Å². The fraction of sp³-hybridized carbons (Fsp3) is 0.560. The molecule has 8 nitrogen and oxygen atoms in total. The number of ether oxygens (including phenoxy) is 1. The van der Waals surface area contributed by atoms with Crippen LogP contribution in [-0.2, 0) is 23.1 Å². The number of aromatic nitrogens is 2. The molecule has 2 atom stereocenters. The van der Waals surface area contributed by atoms with Gasteiger partial charge in [-0.1, -0.05) is 17.7 Å². The van der Waals surface area contributed by atoms with Gasteiger partial charge < -0.3 is 19.4 Å². The standard InChI is InChI=1S/C25H34ClN5O3/c1-28-10-12-30(13-11-28)25(33)14-20-18-31(24(32)7-6-19-16-27-29(2)17-19)9-8-23(20)34-22-5-3-4-21(26)15-22/h3-5,15-17,20,23H,6-14,18H2,1-2H3/t20-,23-/m0/s1. The first kappa shape index (κ1) is 24.5. The molecule has 2 aliphatic heterocycles. The summed E-state index contributed by atoms with van der Waals surface area (Å²) in [6, 6.07) is 7.36. The van der Waals surface area contributed by atoms with Crippen LogP contribution in [0.25, 0.3) is 0 Å². The van der Waals surface area contributed by atoms with Crippen molar-refractivity contribution in [1.82, 2.24) is 24.5 Å². The Kier molecular flexibility index (Phi) is 8.11. The van der Waals surface area contributed by atoms with Crippen molar-refractivity contribution in [3.05, 3.63) is 47.2 Å². The molecule has 184 valence electrons. The molecule has 0 spiro atoms. The van der Waals surface area contributed by atoms with Crippen molar-refractivity contribution in [2.24, 2.45) is 13.0 Å². The van der Waals surface area contributed by atoms with E-state index < -0.39 is 0 Å². The Balaban J connectivity index is 1.40. The Morgan fingerprint density at radius 1 is 1.09 bits per heavy atom. The number of benzene rings is 1. The zero-order valence-corrected chi connectivity index (χ0v) is 20.8. The summed E-state index contributed by atoms with van der Waals surface area (Å²) in [5.41, 5.74) is 1.05. The SMILES string of the molecule is CN1CCN(C(=O)C[C@H]2CN(C(=O)CCc3cnn(C)c3)CC[C@@H]2Oc2cccc(Cl)c2)CC1. The topological polar surface area (TPSA) is 70.9 Å². The molecule has 3 heterocycles. The number of hydrogen-bond acceptors (Lipinski definition) is 5. The van der Waals surface area contributed by atoms with Crippen LogP contribution in [0.3, 0.4) is 0 Å². The maximum Gasteiger partial charge on any atom is 0.223 e. The van der Waals surface area contributed by atoms with Crippen molar-refractivity contribution in [2.75, 3.05) is 46.3 Å². The van der Waals surface area contributed by atoms with Gasteiger partial charge in [0.05, 0.1) is 6.20 Å². The maximum absolute atomic E-state index is 13.1. The minimum atomic E-state index is -0.141. The van der Waals surface area contributed by atoms with E-state index in [1.165, 1.54) is 0 Å². The highest BCUT2D eigenvalue weighted by Crippen LogP contribution is 2.28. The van der Waals surface area contributed by atoms with Crippen LogP contribution in [0.2, 0.25) is 5.02 Å². The zero-order valence-electron chi connectivity index (χ0n) is 20.0. The third kappa shape index (κ3) is 6.51. The average molecular weight is 488 g/mol. The fourth-order valence-electron chi connectivity index (χ4n) is 4.72. The van der Waals surface area contributed by atoms with Gasteiger partial charge in [-0.2, -0.15) is 5.10 Å². The van der Waals surface area contributed by atoms with E-state index in [4.69, 9.17) is 16.3 Å². The number of likely N-dealkylation sites (tertiary alicyclic amines) is 1. The van der Waals surface area contributed by atoms with E-state index in [-0.39, 0.29) is 23.8 Å². The van der Waals surface area contributed by atoms with Crippen molar-refractivity contribution in [3.8, 4) is 5.75 Å². The predicted molar refractivity (Wildman–Crippen MR) is 131 cm³/mol. The van der Waals surface area contributed by atoms with E-state index in [2.05, 4.69) is 17.0 Å². The number of hydrogen-bond donors (Lipinski definition) is 0. The van der Waals surface area contributed by atoms with Gasteiger partial charge in [0.25, 0.3) is 0 Å². The summed E-state index contributed by atoms with van der Waals surface area (Å²) in [4.78, 5) is 32.2. The predicted octanol–water partition coefficient (Wildman–Crippen LogP) is 2.47. The van der Waals surface area contributed by atoms with E-state index >= 15 is 0 Å². The maximum atomic E-state index is 13.1. The van der Waals surface area contributed by atoms with Crippen molar-refractivity contribution in [1.29, 1.82) is 0 Å². The van der Waals surface area contributed by atoms with E-state index in [1.54, 1.807) is 16.9 Å². The Morgan fingerprint density at radius 2 is 1.88 bits per heavy atom. The number of likely N-dealkylation sites (N-methyl/N-ethyl adjacent to an activating group) is 1. The lowest BCUT2D eigenvalue weighted by Crippen LogP contribution is -2.51. The van der Waals surface area contributed by atoms with Gasteiger partial charge in [0.15, 0.2) is 0 Å². The number of piperazine rings is 1. The molecule has 1 aromatic heterocycles. The summed E-state index contributed by atoms with van der Waals surface area (Å²) < 4.78 is 8.05. The van der Waals surface area contributed by atoms with Gasteiger partial charge in [-0.05, 0) is 37.2 Å². The summed E-state index contributed by atoms with van der Waals surface area (Å²) in [5.74, 6) is 0.887. The Hall–Kier alpha value is -2.58. The second-order valence-corrected chi connectivity index (χ2v) is 9.85. The number of carbonyl (C=O) groups excluding carboxylic acids is 2. The highest BCUT2D eigenvalue weighted by Gasteiger charge is 2.35. The smallest absolute Gasteiger partial charge is 0.223 e. The van der Waals surface area contributed by atoms with Crippen LogP contribution >= 0.6 is 11.6 Å². The monoisotopic (exact) mass is 487 g/mol. The van der Waals surface area contributed by atoms with Gasteiger partial charge in [-0.3, -0.25) is 14.3 Å². The normalized spacial score (nSPS) is 21.5. The molecule has 2 aromatic rings. The molecule has 2 fully saturated rings. The van der Waals surface area contributed by atoms with Crippen molar-refractivity contribution in [3.63, 3.8) is 0 Å². The fourth-order valence-corrected chi connectivity index (χ4v) is 4.90. The summed E-state index contributed by atoms with van der Waals surface area (Å²) in [7, 11) is 3.95. The molecular formula is C25H34ClN5O3. The number of amides is 2. The molecule has 0 N–H and O–H groups in total. The number of halogens is 1. The van der Waals surface area contributed by atoms with Gasteiger partial charge in [0, 0.05) is 82.7 Å². The minimum Gasteiger partial charge on any atom is -0.490 e. The molecule has 4 rings (SSSR count). The summed E-state index contributed by atoms with van der Waals surface area (Å²) in [6.45, 7) is 4.41. The molecular weight excluding hydrogens is 454 g/mol. The number of carbonyl (C=O) groups is 2. The third-order valence-electron chi connectivity index (χ3n) is 6.78. The van der Waals surface area contributed by atoms with Gasteiger partial charge in [0.1, 0.15) is 11.9 Å². The Morgan fingerprint density at radius 3 is 2.59 bits per heavy atom. The van der Waals surface area contributed by atoms with Gasteiger partial charge >= 0.3 is 0 Å². The van der Waals surface area contributed by atoms with Crippen molar-refractivity contribution < 1.29 is 14.3 Å². The van der Waals surface area contributed by atoms with Crippen molar-refractivity contribution in [2.45, 2.75) is 31.8 Å². The van der Waals surface area contributed by atoms with Crippen LogP contribution in [0.4, 0.5) is 0 Å². The molecule has 2 saturated heterocycles. The molecule has 0 unspecified atom stereocenters. The molecule has 2 aliphatic rings. The van der Waals surface area contributed by atoms with E-state index in [0.29, 0.717) is 49.5 Å². The van der Waals surface area contributed by atoms with E-state index in [1.807, 2.05) is 41.2 Å². The van der Waals surface area contributed by atoms with Gasteiger partial charge in [-0.15, -0.1) is 0 Å². The molecule has 0 bridgehead atoms. The Bertz CT molecular complexity index is 988. The minimum absolute atomic E-state index is 0.0674. The number of aryl methyl sites for hydroxylation is 2. The zero-order chi connectivity index (χ0) is 24.1. The van der Waals surface area contributed by atoms with Crippen LogP contribution in [0.5, 0.6) is 5.75 Å². The number of rotatable bonds is 7. The lowest BCUT2D eigenvalue weighted by Gasteiger charge is -2.40. The first-order valence-electron chi connectivity index (χ1n) is 12.0. The van der Waals surface area contributed by atoms with Crippen molar-refractivity contribution >= 4 is 23.4 Å². The third-order valence-corrected chi connectivity index (χ3v) is 7.01. The highest BCUT2D eigenvalue weighted by atomic mass is 35.5. The molecule has 34 heavy (non-hydrogen) atoms. The largest absolute Gasteiger partial charge is 0.490 e. The molecule has 0 saturated carbocycles. The molecule has 0 radical (unpaired) electrons. The lowest BCUT2D eigenvalue weighted by atomic mass is 9.90. The van der Waals surface area contributed by atoms with Crippen LogP contribution in [0.1, 0.15) is 24.8 Å². The number of nitrogens with zero attached hydrogens (tertiary/aromatic N) is 5. The second kappa shape index (κ2) is 11.2. The second-order valence-electron chi connectivity index (χ2n) is 9.41. The van der Waals surface area contributed by atoms with Crippen LogP contribution in [0, 0.1) is 5.92 Å². The lowest BCUT2D eigenvalue weighted by molar-refractivity contribution is -0.140. The Labute approximate surface area is 206 Å². The highest BCUT2D eigenvalue weighted by molar-refractivity contribution is 6.30.